The lowest BCUT2D eigenvalue weighted by Gasteiger charge is -2.25. The number of nitrogens with zero attached hydrogens (tertiary/aromatic N) is 2. The first kappa shape index (κ1) is 27.4. The average molecular weight is 556 g/mol. The van der Waals surface area contributed by atoms with Crippen LogP contribution in [0.15, 0.2) is 83.5 Å². The SMILES string of the molecule is CC(C)(C)OC(=O)N(c1cccc(C(=O)O)c1)c1nc(CNC(=O)OCC2c3ccccc3-c3ccccc32)co1. The lowest BCUT2D eigenvalue weighted by molar-refractivity contribution is 0.0590. The maximum atomic E-state index is 13.1. The van der Waals surface area contributed by atoms with Crippen LogP contribution in [0.4, 0.5) is 21.3 Å². The lowest BCUT2D eigenvalue weighted by atomic mass is 9.98. The van der Waals surface area contributed by atoms with Crippen molar-refractivity contribution in [3.05, 3.63) is 101 Å². The van der Waals surface area contributed by atoms with Crippen molar-refractivity contribution in [2.75, 3.05) is 11.5 Å². The molecular formula is C31H29N3O7. The van der Waals surface area contributed by atoms with Gasteiger partial charge in [0.1, 0.15) is 24.2 Å². The summed E-state index contributed by atoms with van der Waals surface area (Å²) < 4.78 is 16.6. The van der Waals surface area contributed by atoms with Gasteiger partial charge in [-0.2, -0.15) is 9.88 Å². The Bertz CT molecular complexity index is 1560. The fraction of sp³-hybridized carbons (Fsp3) is 0.226. The number of ether oxygens (including phenoxy) is 2. The number of carboxylic acid groups (broad SMARTS) is 1. The van der Waals surface area contributed by atoms with Gasteiger partial charge >= 0.3 is 24.2 Å². The molecule has 0 aliphatic heterocycles. The minimum absolute atomic E-state index is 0.0280. The second-order valence-electron chi connectivity index (χ2n) is 10.5. The van der Waals surface area contributed by atoms with Crippen molar-refractivity contribution in [2.24, 2.45) is 0 Å². The summed E-state index contributed by atoms with van der Waals surface area (Å²) in [5.41, 5.74) is 4.13. The molecule has 1 aromatic heterocycles. The largest absolute Gasteiger partial charge is 0.478 e. The molecule has 4 aromatic rings. The maximum Gasteiger partial charge on any atom is 0.423 e. The van der Waals surface area contributed by atoms with E-state index in [4.69, 9.17) is 13.9 Å². The number of anilines is 2. The molecule has 3 aromatic carbocycles. The number of carbonyl (C=O) groups excluding carboxylic acids is 2. The number of hydrogen-bond donors (Lipinski definition) is 2. The molecule has 10 nitrogen and oxygen atoms in total. The van der Waals surface area contributed by atoms with Crippen LogP contribution in [0, 0.1) is 0 Å². The number of nitrogens with one attached hydrogen (secondary N) is 1. The van der Waals surface area contributed by atoms with Crippen molar-refractivity contribution < 1.29 is 33.4 Å². The summed E-state index contributed by atoms with van der Waals surface area (Å²) in [5.74, 6) is -1.23. The van der Waals surface area contributed by atoms with E-state index in [1.165, 1.54) is 30.5 Å². The number of carbonyl (C=O) groups is 3. The van der Waals surface area contributed by atoms with Gasteiger partial charge in [0.25, 0.3) is 0 Å². The summed E-state index contributed by atoms with van der Waals surface area (Å²) in [6, 6.07) is 21.7. The molecule has 0 fully saturated rings. The van der Waals surface area contributed by atoms with Crippen LogP contribution in [0.2, 0.25) is 0 Å². The Morgan fingerprint density at radius 1 is 0.976 bits per heavy atom. The number of alkyl carbamates (subject to hydrolysis) is 1. The van der Waals surface area contributed by atoms with E-state index in [0.717, 1.165) is 27.2 Å². The Hall–Kier alpha value is -5.12. The predicted octanol–water partition coefficient (Wildman–Crippen LogP) is 6.48. The number of fused-ring (bicyclic) bond motifs is 3. The lowest BCUT2D eigenvalue weighted by Crippen LogP contribution is -2.34. The van der Waals surface area contributed by atoms with E-state index in [0.29, 0.717) is 5.69 Å². The van der Waals surface area contributed by atoms with Crippen LogP contribution >= 0.6 is 0 Å². The topological polar surface area (TPSA) is 131 Å². The molecule has 0 radical (unpaired) electrons. The standard InChI is InChI=1S/C31H29N3O7/c1-31(2,3)41-30(38)34(21-10-8-9-19(15-21)27(35)36)28-33-20(17-39-28)16-32-29(37)40-18-26-24-13-6-4-11-22(24)23-12-5-7-14-25(23)26/h4-15,17,26H,16,18H2,1-3H3,(H,32,37)(H,35,36). The fourth-order valence-electron chi connectivity index (χ4n) is 4.67. The summed E-state index contributed by atoms with van der Waals surface area (Å²) in [5, 5.41) is 12.1. The molecule has 41 heavy (non-hydrogen) atoms. The Labute approximate surface area is 236 Å². The number of carboxylic acids is 1. The highest BCUT2D eigenvalue weighted by atomic mass is 16.6. The van der Waals surface area contributed by atoms with Crippen molar-refractivity contribution in [1.82, 2.24) is 10.3 Å². The maximum absolute atomic E-state index is 13.1. The third-order valence-corrected chi connectivity index (χ3v) is 6.42. The summed E-state index contributed by atoms with van der Waals surface area (Å²) in [6.07, 6.45) is -0.148. The van der Waals surface area contributed by atoms with Gasteiger partial charge in [0, 0.05) is 5.92 Å². The first-order chi connectivity index (χ1) is 19.6. The number of benzene rings is 3. The van der Waals surface area contributed by atoms with Gasteiger partial charge in [0.15, 0.2) is 0 Å². The zero-order chi connectivity index (χ0) is 29.1. The Balaban J connectivity index is 1.26. The quantitative estimate of drug-likeness (QED) is 0.265. The summed E-state index contributed by atoms with van der Waals surface area (Å²) >= 11 is 0. The van der Waals surface area contributed by atoms with E-state index >= 15 is 0 Å². The van der Waals surface area contributed by atoms with Crippen molar-refractivity contribution >= 4 is 29.9 Å². The van der Waals surface area contributed by atoms with Crippen molar-refractivity contribution in [3.63, 3.8) is 0 Å². The van der Waals surface area contributed by atoms with Crippen molar-refractivity contribution in [1.29, 1.82) is 0 Å². The normalized spacial score (nSPS) is 12.3. The van der Waals surface area contributed by atoms with Crippen LogP contribution in [0.3, 0.4) is 0 Å². The Morgan fingerprint density at radius 2 is 1.63 bits per heavy atom. The fourth-order valence-corrected chi connectivity index (χ4v) is 4.67. The van der Waals surface area contributed by atoms with Gasteiger partial charge in [-0.3, -0.25) is 0 Å². The van der Waals surface area contributed by atoms with Gasteiger partial charge in [-0.1, -0.05) is 54.6 Å². The van der Waals surface area contributed by atoms with Crippen LogP contribution in [-0.4, -0.2) is 40.5 Å². The summed E-state index contributed by atoms with van der Waals surface area (Å²) in [4.78, 5) is 42.5. The van der Waals surface area contributed by atoms with Gasteiger partial charge in [-0.15, -0.1) is 0 Å². The number of rotatable bonds is 7. The van der Waals surface area contributed by atoms with Crippen LogP contribution in [0.1, 0.15) is 53.9 Å². The number of aromatic carboxylic acids is 1. The second kappa shape index (κ2) is 11.2. The first-order valence-electron chi connectivity index (χ1n) is 13.0. The third-order valence-electron chi connectivity index (χ3n) is 6.42. The van der Waals surface area contributed by atoms with Gasteiger partial charge in [-0.05, 0) is 61.2 Å². The molecule has 0 saturated carbocycles. The van der Waals surface area contributed by atoms with E-state index in [1.807, 2.05) is 36.4 Å². The van der Waals surface area contributed by atoms with E-state index < -0.39 is 23.8 Å². The molecule has 0 spiro atoms. The second-order valence-corrected chi connectivity index (χ2v) is 10.5. The molecule has 1 aliphatic rings. The highest BCUT2D eigenvalue weighted by Crippen LogP contribution is 2.44. The average Bonchev–Trinajstić information content (AvgIpc) is 3.52. The summed E-state index contributed by atoms with van der Waals surface area (Å²) in [7, 11) is 0. The molecule has 10 heteroatoms. The number of hydrogen-bond acceptors (Lipinski definition) is 7. The first-order valence-corrected chi connectivity index (χ1v) is 13.0. The monoisotopic (exact) mass is 555 g/mol. The number of amides is 2. The molecular weight excluding hydrogens is 526 g/mol. The molecule has 1 heterocycles. The molecule has 2 N–H and O–H groups in total. The van der Waals surface area contributed by atoms with Gasteiger partial charge in [0.05, 0.1) is 17.8 Å². The smallest absolute Gasteiger partial charge is 0.423 e. The third kappa shape index (κ3) is 6.06. The molecule has 0 saturated heterocycles. The molecule has 2 amide bonds. The Kier molecular flexibility index (Phi) is 7.47. The minimum atomic E-state index is -1.16. The van der Waals surface area contributed by atoms with E-state index in [-0.39, 0.29) is 36.3 Å². The Morgan fingerprint density at radius 3 is 2.27 bits per heavy atom. The molecule has 0 atom stereocenters. The number of oxazole rings is 1. The summed E-state index contributed by atoms with van der Waals surface area (Å²) in [6.45, 7) is 5.25. The zero-order valence-corrected chi connectivity index (χ0v) is 22.8. The minimum Gasteiger partial charge on any atom is -0.478 e. The molecule has 5 rings (SSSR count). The highest BCUT2D eigenvalue weighted by molar-refractivity contribution is 5.96. The zero-order valence-electron chi connectivity index (χ0n) is 22.8. The van der Waals surface area contributed by atoms with E-state index in [9.17, 15) is 19.5 Å². The van der Waals surface area contributed by atoms with Gasteiger partial charge in [-0.25, -0.2) is 14.4 Å². The molecule has 1 aliphatic carbocycles. The predicted molar refractivity (Wildman–Crippen MR) is 150 cm³/mol. The molecule has 0 unspecified atom stereocenters. The van der Waals surface area contributed by atoms with Gasteiger partial charge < -0.3 is 24.3 Å². The van der Waals surface area contributed by atoms with Crippen LogP contribution in [0.5, 0.6) is 0 Å². The number of aromatic nitrogens is 1. The van der Waals surface area contributed by atoms with Crippen molar-refractivity contribution in [3.8, 4) is 11.1 Å². The highest BCUT2D eigenvalue weighted by Gasteiger charge is 2.30. The van der Waals surface area contributed by atoms with Crippen LogP contribution < -0.4 is 10.2 Å². The van der Waals surface area contributed by atoms with Crippen LogP contribution in [-0.2, 0) is 16.0 Å². The van der Waals surface area contributed by atoms with Crippen LogP contribution in [0.25, 0.3) is 11.1 Å². The van der Waals surface area contributed by atoms with E-state index in [2.05, 4.69) is 22.4 Å². The molecule has 210 valence electrons. The molecule has 0 bridgehead atoms. The van der Waals surface area contributed by atoms with Crippen molar-refractivity contribution in [2.45, 2.75) is 38.8 Å². The van der Waals surface area contributed by atoms with E-state index in [1.54, 1.807) is 20.8 Å². The van der Waals surface area contributed by atoms with Gasteiger partial charge in [0.2, 0.25) is 0 Å².